The third-order valence-corrected chi connectivity index (χ3v) is 3.82. The third-order valence-electron chi connectivity index (χ3n) is 3.82. The average molecular weight is 250 g/mol. The predicted octanol–water partition coefficient (Wildman–Crippen LogP) is 3.01. The van der Waals surface area contributed by atoms with Crippen LogP contribution < -0.4 is 5.73 Å². The molecule has 1 unspecified atom stereocenters. The average Bonchev–Trinajstić information content (AvgIpc) is 3.17. The van der Waals surface area contributed by atoms with E-state index in [1.54, 1.807) is 13.0 Å². The molecule has 1 aliphatic rings. The van der Waals surface area contributed by atoms with Gasteiger partial charge in [-0.05, 0) is 49.9 Å². The van der Waals surface area contributed by atoms with Crippen LogP contribution in [0.2, 0.25) is 0 Å². The Kier molecular flexibility index (Phi) is 4.36. The summed E-state index contributed by atoms with van der Waals surface area (Å²) in [6.07, 6.45) is 3.54. The number of rotatable bonds is 6. The fourth-order valence-electron chi connectivity index (χ4n) is 2.35. The number of nitrogens with zero attached hydrogens (tertiary/aromatic N) is 1. The first-order chi connectivity index (χ1) is 8.61. The first-order valence-corrected chi connectivity index (χ1v) is 6.87. The largest absolute Gasteiger partial charge is 0.324 e. The van der Waals surface area contributed by atoms with Gasteiger partial charge in [0.2, 0.25) is 0 Å². The van der Waals surface area contributed by atoms with Crippen LogP contribution in [-0.2, 0) is 0 Å². The van der Waals surface area contributed by atoms with Gasteiger partial charge < -0.3 is 10.6 Å². The maximum atomic E-state index is 13.5. The lowest BCUT2D eigenvalue weighted by Gasteiger charge is -2.22. The summed E-state index contributed by atoms with van der Waals surface area (Å²) >= 11 is 0. The standard InChI is InChI=1S/C15H23FN2/c1-3-18(13-6-7-13)9-8-15(17)12-5-4-11(2)14(16)10-12/h4-5,10,13,15H,3,6-9,17H2,1-2H3. The van der Waals surface area contributed by atoms with Crippen molar-refractivity contribution < 1.29 is 4.39 Å². The van der Waals surface area contributed by atoms with Gasteiger partial charge in [0.05, 0.1) is 0 Å². The van der Waals surface area contributed by atoms with Crippen molar-refractivity contribution in [3.63, 3.8) is 0 Å². The fraction of sp³-hybridized carbons (Fsp3) is 0.600. The molecule has 18 heavy (non-hydrogen) atoms. The van der Waals surface area contributed by atoms with Gasteiger partial charge in [0.25, 0.3) is 0 Å². The summed E-state index contributed by atoms with van der Waals surface area (Å²) in [5.41, 5.74) is 7.73. The second kappa shape index (κ2) is 5.81. The summed E-state index contributed by atoms with van der Waals surface area (Å²) in [6.45, 7) is 6.06. The predicted molar refractivity (Wildman–Crippen MR) is 73.0 cm³/mol. The number of nitrogens with two attached hydrogens (primary N) is 1. The first-order valence-electron chi connectivity index (χ1n) is 6.87. The summed E-state index contributed by atoms with van der Waals surface area (Å²) in [5.74, 6) is -0.155. The van der Waals surface area contributed by atoms with Crippen LogP contribution >= 0.6 is 0 Å². The van der Waals surface area contributed by atoms with E-state index in [0.717, 1.165) is 31.1 Å². The Morgan fingerprint density at radius 3 is 2.72 bits per heavy atom. The summed E-state index contributed by atoms with van der Waals surface area (Å²) in [4.78, 5) is 2.48. The molecule has 0 heterocycles. The zero-order valence-electron chi connectivity index (χ0n) is 11.3. The lowest BCUT2D eigenvalue weighted by atomic mass is 10.0. The van der Waals surface area contributed by atoms with E-state index < -0.39 is 0 Å². The van der Waals surface area contributed by atoms with Crippen LogP contribution in [0.25, 0.3) is 0 Å². The Bertz CT molecular complexity index is 401. The molecule has 0 amide bonds. The van der Waals surface area contributed by atoms with Crippen molar-refractivity contribution in [3.05, 3.63) is 35.1 Å². The Morgan fingerprint density at radius 1 is 1.44 bits per heavy atom. The van der Waals surface area contributed by atoms with Gasteiger partial charge in [0, 0.05) is 18.6 Å². The van der Waals surface area contributed by atoms with Crippen molar-refractivity contribution >= 4 is 0 Å². The zero-order valence-corrected chi connectivity index (χ0v) is 11.3. The van der Waals surface area contributed by atoms with Gasteiger partial charge >= 0.3 is 0 Å². The molecule has 2 nitrogen and oxygen atoms in total. The highest BCUT2D eigenvalue weighted by Crippen LogP contribution is 2.27. The second-order valence-corrected chi connectivity index (χ2v) is 5.26. The van der Waals surface area contributed by atoms with Crippen LogP contribution in [0.1, 0.15) is 43.4 Å². The van der Waals surface area contributed by atoms with E-state index in [0.29, 0.717) is 5.56 Å². The van der Waals surface area contributed by atoms with Crippen LogP contribution in [0.3, 0.4) is 0 Å². The van der Waals surface area contributed by atoms with Crippen LogP contribution in [0.15, 0.2) is 18.2 Å². The van der Waals surface area contributed by atoms with Gasteiger partial charge in [-0.2, -0.15) is 0 Å². The van der Waals surface area contributed by atoms with Gasteiger partial charge in [-0.15, -0.1) is 0 Å². The lowest BCUT2D eigenvalue weighted by molar-refractivity contribution is 0.266. The maximum absolute atomic E-state index is 13.5. The van der Waals surface area contributed by atoms with Gasteiger partial charge in [0.1, 0.15) is 5.82 Å². The summed E-state index contributed by atoms with van der Waals surface area (Å²) in [6, 6.07) is 6.04. The van der Waals surface area contributed by atoms with E-state index in [1.165, 1.54) is 12.8 Å². The molecule has 100 valence electrons. The Labute approximate surface area is 109 Å². The third kappa shape index (κ3) is 3.30. The molecule has 2 rings (SSSR count). The minimum absolute atomic E-state index is 0.0621. The van der Waals surface area contributed by atoms with E-state index in [-0.39, 0.29) is 11.9 Å². The molecule has 3 heteroatoms. The number of hydrogen-bond acceptors (Lipinski definition) is 2. The number of benzene rings is 1. The van der Waals surface area contributed by atoms with Gasteiger partial charge in [0.15, 0.2) is 0 Å². The highest BCUT2D eigenvalue weighted by atomic mass is 19.1. The van der Waals surface area contributed by atoms with Gasteiger partial charge in [-0.1, -0.05) is 19.1 Å². The van der Waals surface area contributed by atoms with E-state index >= 15 is 0 Å². The highest BCUT2D eigenvalue weighted by Gasteiger charge is 2.27. The van der Waals surface area contributed by atoms with E-state index in [2.05, 4.69) is 11.8 Å². The fourth-order valence-corrected chi connectivity index (χ4v) is 2.35. The maximum Gasteiger partial charge on any atom is 0.126 e. The quantitative estimate of drug-likeness (QED) is 0.841. The highest BCUT2D eigenvalue weighted by molar-refractivity contribution is 5.25. The Balaban J connectivity index is 1.90. The molecular formula is C15H23FN2. The number of hydrogen-bond donors (Lipinski definition) is 1. The molecule has 0 spiro atoms. The second-order valence-electron chi connectivity index (χ2n) is 5.26. The van der Waals surface area contributed by atoms with Crippen LogP contribution in [0.4, 0.5) is 4.39 Å². The number of halogens is 1. The van der Waals surface area contributed by atoms with Crippen LogP contribution in [-0.4, -0.2) is 24.0 Å². The molecule has 1 saturated carbocycles. The summed E-state index contributed by atoms with van der Waals surface area (Å²) in [7, 11) is 0. The molecule has 1 fully saturated rings. The molecule has 0 saturated heterocycles. The first kappa shape index (κ1) is 13.5. The minimum Gasteiger partial charge on any atom is -0.324 e. The molecule has 2 N–H and O–H groups in total. The molecule has 1 aromatic rings. The molecule has 0 aliphatic heterocycles. The van der Waals surface area contributed by atoms with Crippen molar-refractivity contribution in [2.75, 3.05) is 13.1 Å². The topological polar surface area (TPSA) is 29.3 Å². The molecular weight excluding hydrogens is 227 g/mol. The molecule has 1 aromatic carbocycles. The van der Waals surface area contributed by atoms with Crippen molar-refractivity contribution in [1.82, 2.24) is 4.90 Å². The molecule has 1 aliphatic carbocycles. The smallest absolute Gasteiger partial charge is 0.126 e. The monoisotopic (exact) mass is 250 g/mol. The van der Waals surface area contributed by atoms with Gasteiger partial charge in [-0.3, -0.25) is 0 Å². The molecule has 0 aromatic heterocycles. The normalized spacial score (nSPS) is 17.2. The number of aryl methyl sites for hydroxylation is 1. The molecule has 0 radical (unpaired) electrons. The van der Waals surface area contributed by atoms with Gasteiger partial charge in [-0.25, -0.2) is 4.39 Å². The summed E-state index contributed by atoms with van der Waals surface area (Å²) in [5, 5.41) is 0. The molecule has 1 atom stereocenters. The molecule has 0 bridgehead atoms. The Hall–Kier alpha value is -0.930. The zero-order chi connectivity index (χ0) is 13.1. The van der Waals surface area contributed by atoms with Crippen LogP contribution in [0.5, 0.6) is 0 Å². The Morgan fingerprint density at radius 2 is 2.17 bits per heavy atom. The SMILES string of the molecule is CCN(CCC(N)c1ccc(C)c(F)c1)C1CC1. The lowest BCUT2D eigenvalue weighted by Crippen LogP contribution is -2.29. The van der Waals surface area contributed by atoms with Crippen molar-refractivity contribution in [1.29, 1.82) is 0 Å². The van der Waals surface area contributed by atoms with E-state index in [4.69, 9.17) is 5.73 Å². The summed E-state index contributed by atoms with van der Waals surface area (Å²) < 4.78 is 13.5. The van der Waals surface area contributed by atoms with Crippen molar-refractivity contribution in [2.45, 2.75) is 45.2 Å². The van der Waals surface area contributed by atoms with Crippen molar-refractivity contribution in [2.24, 2.45) is 5.73 Å². The van der Waals surface area contributed by atoms with Crippen LogP contribution in [0, 0.1) is 12.7 Å². The van der Waals surface area contributed by atoms with E-state index in [1.807, 2.05) is 12.1 Å². The minimum atomic E-state index is -0.155. The van der Waals surface area contributed by atoms with Crippen molar-refractivity contribution in [3.8, 4) is 0 Å². The van der Waals surface area contributed by atoms with E-state index in [9.17, 15) is 4.39 Å².